The summed E-state index contributed by atoms with van der Waals surface area (Å²) >= 11 is 1.68. The van der Waals surface area contributed by atoms with Gasteiger partial charge in [0.05, 0.1) is 11.2 Å². The van der Waals surface area contributed by atoms with E-state index in [0.717, 1.165) is 32.9 Å². The highest BCUT2D eigenvalue weighted by atomic mass is 32.2. The van der Waals surface area contributed by atoms with E-state index >= 15 is 0 Å². The first kappa shape index (κ1) is 12.9. The van der Waals surface area contributed by atoms with Gasteiger partial charge in [0.15, 0.2) is 0 Å². The number of aromatic nitrogens is 1. The summed E-state index contributed by atoms with van der Waals surface area (Å²) in [4.78, 5) is 5.65. The minimum Gasteiger partial charge on any atom is -0.399 e. The molecule has 0 aliphatic heterocycles. The number of nitrogens with zero attached hydrogens (tertiary/aromatic N) is 1. The van der Waals surface area contributed by atoms with E-state index in [1.807, 2.05) is 36.4 Å². The van der Waals surface area contributed by atoms with E-state index < -0.39 is 0 Å². The molecule has 0 bridgehead atoms. The molecule has 3 aromatic rings. The Morgan fingerprint density at radius 2 is 1.95 bits per heavy atom. The van der Waals surface area contributed by atoms with E-state index in [2.05, 4.69) is 4.98 Å². The van der Waals surface area contributed by atoms with Crippen molar-refractivity contribution in [2.45, 2.75) is 10.6 Å². The van der Waals surface area contributed by atoms with Crippen LogP contribution in [0.25, 0.3) is 10.9 Å². The number of fused-ring (bicyclic) bond motifs is 1. The molecule has 1 aromatic heterocycles. The van der Waals surface area contributed by atoms with Gasteiger partial charge in [0.2, 0.25) is 0 Å². The Bertz CT molecular complexity index is 758. The Morgan fingerprint density at radius 3 is 2.80 bits per heavy atom. The van der Waals surface area contributed by atoms with Crippen molar-refractivity contribution in [1.82, 2.24) is 4.98 Å². The van der Waals surface area contributed by atoms with Crippen LogP contribution in [0.1, 0.15) is 5.69 Å². The van der Waals surface area contributed by atoms with Crippen LogP contribution in [0.2, 0.25) is 0 Å². The molecule has 0 fully saturated rings. The first-order valence-electron chi connectivity index (χ1n) is 6.24. The minimum atomic E-state index is -0.235. The normalized spacial score (nSPS) is 10.8. The van der Waals surface area contributed by atoms with Gasteiger partial charge in [0.1, 0.15) is 5.82 Å². The molecule has 0 saturated heterocycles. The third-order valence-electron chi connectivity index (χ3n) is 2.95. The van der Waals surface area contributed by atoms with Crippen LogP contribution in [-0.2, 0) is 5.75 Å². The fourth-order valence-electron chi connectivity index (χ4n) is 1.98. The van der Waals surface area contributed by atoms with Crippen LogP contribution in [0, 0.1) is 5.82 Å². The van der Waals surface area contributed by atoms with Crippen molar-refractivity contribution in [1.29, 1.82) is 0 Å². The number of nitrogen functional groups attached to an aromatic ring is 1. The Labute approximate surface area is 120 Å². The van der Waals surface area contributed by atoms with Gasteiger partial charge in [-0.2, -0.15) is 0 Å². The number of benzene rings is 2. The number of anilines is 1. The smallest absolute Gasteiger partial charge is 0.123 e. The molecule has 20 heavy (non-hydrogen) atoms. The fraction of sp³-hybridized carbons (Fsp3) is 0.0625. The lowest BCUT2D eigenvalue weighted by Gasteiger charge is -2.04. The second-order valence-corrected chi connectivity index (χ2v) is 5.55. The summed E-state index contributed by atoms with van der Waals surface area (Å²) in [6.07, 6.45) is 0. The lowest BCUT2D eigenvalue weighted by Crippen LogP contribution is -1.89. The molecular weight excluding hydrogens is 271 g/mol. The van der Waals surface area contributed by atoms with E-state index in [0.29, 0.717) is 0 Å². The van der Waals surface area contributed by atoms with Gasteiger partial charge in [-0.05, 0) is 42.5 Å². The maximum absolute atomic E-state index is 13.1. The molecule has 2 aromatic carbocycles. The SMILES string of the molecule is Nc1cccc(SCc2ccc3cc(F)ccc3n2)c1. The molecule has 0 atom stereocenters. The van der Waals surface area contributed by atoms with Crippen LogP contribution < -0.4 is 5.73 Å². The van der Waals surface area contributed by atoms with Crippen molar-refractivity contribution in [2.24, 2.45) is 0 Å². The Kier molecular flexibility index (Phi) is 3.56. The summed E-state index contributed by atoms with van der Waals surface area (Å²) < 4.78 is 13.1. The molecule has 0 aliphatic rings. The van der Waals surface area contributed by atoms with Crippen molar-refractivity contribution >= 4 is 28.4 Å². The molecule has 3 rings (SSSR count). The molecule has 0 saturated carbocycles. The fourth-order valence-corrected chi connectivity index (χ4v) is 2.85. The molecule has 0 amide bonds. The predicted molar refractivity (Wildman–Crippen MR) is 82.1 cm³/mol. The van der Waals surface area contributed by atoms with Gasteiger partial charge >= 0.3 is 0 Å². The summed E-state index contributed by atoms with van der Waals surface area (Å²) in [6, 6.07) is 16.3. The largest absolute Gasteiger partial charge is 0.399 e. The maximum Gasteiger partial charge on any atom is 0.123 e. The third-order valence-corrected chi connectivity index (χ3v) is 3.98. The molecule has 0 aliphatic carbocycles. The van der Waals surface area contributed by atoms with Crippen LogP contribution in [0.15, 0.2) is 59.5 Å². The number of hydrogen-bond donors (Lipinski definition) is 1. The summed E-state index contributed by atoms with van der Waals surface area (Å²) in [6.45, 7) is 0. The number of rotatable bonds is 3. The second-order valence-electron chi connectivity index (χ2n) is 4.50. The molecule has 4 heteroatoms. The molecular formula is C16H13FN2S. The Morgan fingerprint density at radius 1 is 1.05 bits per heavy atom. The second kappa shape index (κ2) is 5.51. The van der Waals surface area contributed by atoms with Crippen LogP contribution >= 0.6 is 11.8 Å². The topological polar surface area (TPSA) is 38.9 Å². The minimum absolute atomic E-state index is 0.235. The number of pyridine rings is 1. The molecule has 0 spiro atoms. The number of hydrogen-bond acceptors (Lipinski definition) is 3. The molecule has 2 nitrogen and oxygen atoms in total. The van der Waals surface area contributed by atoms with E-state index in [4.69, 9.17) is 5.73 Å². The van der Waals surface area contributed by atoms with Crippen LogP contribution in [-0.4, -0.2) is 4.98 Å². The average molecular weight is 284 g/mol. The number of thioether (sulfide) groups is 1. The summed E-state index contributed by atoms with van der Waals surface area (Å²) in [5.41, 5.74) is 8.30. The van der Waals surface area contributed by atoms with Crippen molar-refractivity contribution in [2.75, 3.05) is 5.73 Å². The first-order valence-corrected chi connectivity index (χ1v) is 7.23. The first-order chi connectivity index (χ1) is 9.70. The van der Waals surface area contributed by atoms with Gasteiger partial charge in [0.25, 0.3) is 0 Å². The van der Waals surface area contributed by atoms with Crippen LogP contribution in [0.3, 0.4) is 0 Å². The lowest BCUT2D eigenvalue weighted by atomic mass is 10.2. The highest BCUT2D eigenvalue weighted by Gasteiger charge is 2.02. The monoisotopic (exact) mass is 284 g/mol. The summed E-state index contributed by atoms with van der Waals surface area (Å²) in [7, 11) is 0. The summed E-state index contributed by atoms with van der Waals surface area (Å²) in [5.74, 6) is 0.526. The van der Waals surface area contributed by atoms with E-state index in [1.54, 1.807) is 17.8 Å². The van der Waals surface area contributed by atoms with E-state index in [9.17, 15) is 4.39 Å². The van der Waals surface area contributed by atoms with Gasteiger partial charge in [-0.1, -0.05) is 12.1 Å². The summed E-state index contributed by atoms with van der Waals surface area (Å²) in [5, 5.41) is 0.822. The van der Waals surface area contributed by atoms with Crippen molar-refractivity contribution in [3.8, 4) is 0 Å². The van der Waals surface area contributed by atoms with Gasteiger partial charge in [-0.25, -0.2) is 4.39 Å². The molecule has 1 heterocycles. The molecule has 100 valence electrons. The van der Waals surface area contributed by atoms with Gasteiger partial charge in [0, 0.05) is 21.7 Å². The highest BCUT2D eigenvalue weighted by molar-refractivity contribution is 7.98. The van der Waals surface area contributed by atoms with Gasteiger partial charge in [-0.3, -0.25) is 4.98 Å². The lowest BCUT2D eigenvalue weighted by molar-refractivity contribution is 0.629. The van der Waals surface area contributed by atoms with Gasteiger partial charge < -0.3 is 5.73 Å². The molecule has 0 unspecified atom stereocenters. The van der Waals surface area contributed by atoms with Crippen molar-refractivity contribution < 1.29 is 4.39 Å². The predicted octanol–water partition coefficient (Wildman–Crippen LogP) is 4.25. The Balaban J connectivity index is 1.79. The van der Waals surface area contributed by atoms with E-state index in [1.165, 1.54) is 12.1 Å². The number of halogens is 1. The maximum atomic E-state index is 13.1. The standard InChI is InChI=1S/C16H13FN2S/c17-12-5-7-16-11(8-12)4-6-14(19-16)10-20-15-3-1-2-13(18)9-15/h1-9H,10,18H2. The van der Waals surface area contributed by atoms with Crippen molar-refractivity contribution in [3.05, 3.63) is 66.1 Å². The third kappa shape index (κ3) is 2.91. The zero-order valence-electron chi connectivity index (χ0n) is 10.7. The van der Waals surface area contributed by atoms with Gasteiger partial charge in [-0.15, -0.1) is 11.8 Å². The van der Waals surface area contributed by atoms with Crippen LogP contribution in [0.5, 0.6) is 0 Å². The van der Waals surface area contributed by atoms with E-state index in [-0.39, 0.29) is 5.82 Å². The zero-order valence-corrected chi connectivity index (χ0v) is 11.5. The quantitative estimate of drug-likeness (QED) is 0.577. The van der Waals surface area contributed by atoms with Crippen LogP contribution in [0.4, 0.5) is 10.1 Å². The Hall–Kier alpha value is -2.07. The highest BCUT2D eigenvalue weighted by Crippen LogP contribution is 2.24. The average Bonchev–Trinajstić information content (AvgIpc) is 2.45. The zero-order chi connectivity index (χ0) is 13.9. The molecule has 0 radical (unpaired) electrons. The number of nitrogens with two attached hydrogens (primary N) is 1. The molecule has 2 N–H and O–H groups in total. The van der Waals surface area contributed by atoms with Crippen molar-refractivity contribution in [3.63, 3.8) is 0 Å².